The molecule has 0 aliphatic carbocycles. The normalized spacial score (nSPS) is 19.6. The van der Waals surface area contributed by atoms with Crippen molar-refractivity contribution in [2.24, 2.45) is 0 Å². The molecule has 5 heterocycles. The Morgan fingerprint density at radius 2 is 2.22 bits per heavy atom. The topological polar surface area (TPSA) is 110 Å². The molecule has 1 aliphatic heterocycles. The first kappa shape index (κ1) is 16.1. The number of pyridine rings is 1. The standard InChI is InChI=1S/C18H20N8O/c1-18(2)8-11(5-7-27-18)26-17(23-16(25-26)15-21-10-22-24-15)13-9-20-14-12(13)4-3-6-19-14/h3-4,6,9-11H,5,7-8H2,1-2H3,(H,19,20)(H,21,22,24). The molecule has 1 fully saturated rings. The summed E-state index contributed by atoms with van der Waals surface area (Å²) >= 11 is 0. The average Bonchev–Trinajstić information content (AvgIpc) is 3.39. The van der Waals surface area contributed by atoms with Crippen LogP contribution in [0, 0.1) is 0 Å². The largest absolute Gasteiger partial charge is 0.375 e. The average molecular weight is 364 g/mol. The van der Waals surface area contributed by atoms with E-state index in [0.717, 1.165) is 35.3 Å². The molecule has 0 bridgehead atoms. The molecule has 1 unspecified atom stereocenters. The summed E-state index contributed by atoms with van der Waals surface area (Å²) in [6.45, 7) is 4.93. The molecule has 27 heavy (non-hydrogen) atoms. The highest BCUT2D eigenvalue weighted by atomic mass is 16.5. The van der Waals surface area contributed by atoms with Crippen LogP contribution in [0.2, 0.25) is 0 Å². The molecule has 4 aromatic heterocycles. The van der Waals surface area contributed by atoms with Gasteiger partial charge in [0.15, 0.2) is 11.6 Å². The highest BCUT2D eigenvalue weighted by molar-refractivity contribution is 5.91. The van der Waals surface area contributed by atoms with Crippen LogP contribution in [0.4, 0.5) is 0 Å². The predicted molar refractivity (Wildman–Crippen MR) is 98.8 cm³/mol. The summed E-state index contributed by atoms with van der Waals surface area (Å²) in [4.78, 5) is 16.6. The van der Waals surface area contributed by atoms with Crippen LogP contribution < -0.4 is 0 Å². The van der Waals surface area contributed by atoms with Gasteiger partial charge in [-0.2, -0.15) is 5.10 Å². The Balaban J connectivity index is 1.67. The summed E-state index contributed by atoms with van der Waals surface area (Å²) in [6.07, 6.45) is 6.92. The summed E-state index contributed by atoms with van der Waals surface area (Å²) in [7, 11) is 0. The van der Waals surface area contributed by atoms with Gasteiger partial charge in [-0.05, 0) is 38.8 Å². The summed E-state index contributed by atoms with van der Waals surface area (Å²) in [5, 5.41) is 12.6. The Labute approximate surface area is 155 Å². The van der Waals surface area contributed by atoms with Gasteiger partial charge in [-0.1, -0.05) is 0 Å². The van der Waals surface area contributed by atoms with Crippen LogP contribution in [-0.2, 0) is 4.74 Å². The third kappa shape index (κ3) is 2.80. The van der Waals surface area contributed by atoms with Crippen LogP contribution in [-0.4, -0.2) is 52.1 Å². The zero-order chi connectivity index (χ0) is 18.4. The van der Waals surface area contributed by atoms with Gasteiger partial charge in [-0.3, -0.25) is 5.10 Å². The number of fused-ring (bicyclic) bond motifs is 1. The van der Waals surface area contributed by atoms with Gasteiger partial charge >= 0.3 is 0 Å². The molecule has 0 radical (unpaired) electrons. The van der Waals surface area contributed by atoms with Gasteiger partial charge in [0.25, 0.3) is 0 Å². The molecule has 0 aromatic carbocycles. The first-order valence-electron chi connectivity index (χ1n) is 8.99. The fourth-order valence-electron chi connectivity index (χ4n) is 3.72. The van der Waals surface area contributed by atoms with Crippen molar-refractivity contribution in [2.75, 3.05) is 6.61 Å². The molecule has 9 heteroatoms. The predicted octanol–water partition coefficient (Wildman–Crippen LogP) is 2.74. The molecule has 1 aliphatic rings. The second kappa shape index (κ2) is 5.98. The van der Waals surface area contributed by atoms with Crippen molar-refractivity contribution < 1.29 is 4.74 Å². The minimum absolute atomic E-state index is 0.189. The molecular weight excluding hydrogens is 344 g/mol. The van der Waals surface area contributed by atoms with E-state index in [9.17, 15) is 0 Å². The first-order valence-corrected chi connectivity index (χ1v) is 8.99. The highest BCUT2D eigenvalue weighted by Gasteiger charge is 2.33. The third-order valence-corrected chi connectivity index (χ3v) is 4.97. The second-order valence-corrected chi connectivity index (χ2v) is 7.39. The maximum Gasteiger partial charge on any atom is 0.219 e. The van der Waals surface area contributed by atoms with Gasteiger partial charge in [0.2, 0.25) is 5.82 Å². The quantitative estimate of drug-likeness (QED) is 0.578. The Morgan fingerprint density at radius 1 is 1.30 bits per heavy atom. The van der Waals surface area contributed by atoms with Crippen LogP contribution in [0.3, 0.4) is 0 Å². The summed E-state index contributed by atoms with van der Waals surface area (Å²) in [5.74, 6) is 1.88. The maximum absolute atomic E-state index is 5.89. The van der Waals surface area contributed by atoms with Crippen molar-refractivity contribution >= 4 is 11.0 Å². The zero-order valence-corrected chi connectivity index (χ0v) is 15.2. The van der Waals surface area contributed by atoms with Crippen molar-refractivity contribution in [2.45, 2.75) is 38.3 Å². The number of aromatic amines is 2. The van der Waals surface area contributed by atoms with Crippen molar-refractivity contribution in [3.8, 4) is 23.0 Å². The van der Waals surface area contributed by atoms with E-state index >= 15 is 0 Å². The van der Waals surface area contributed by atoms with Crippen molar-refractivity contribution in [1.29, 1.82) is 0 Å². The summed E-state index contributed by atoms with van der Waals surface area (Å²) < 4.78 is 7.90. The maximum atomic E-state index is 5.89. The van der Waals surface area contributed by atoms with Gasteiger partial charge in [0, 0.05) is 30.0 Å². The van der Waals surface area contributed by atoms with E-state index in [2.05, 4.69) is 39.0 Å². The number of nitrogens with zero attached hydrogens (tertiary/aromatic N) is 6. The molecule has 0 amide bonds. The van der Waals surface area contributed by atoms with Crippen molar-refractivity contribution in [3.05, 3.63) is 30.9 Å². The van der Waals surface area contributed by atoms with Gasteiger partial charge in [0.1, 0.15) is 12.0 Å². The third-order valence-electron chi connectivity index (χ3n) is 4.97. The molecule has 0 saturated carbocycles. The molecule has 0 spiro atoms. The van der Waals surface area contributed by atoms with E-state index in [-0.39, 0.29) is 11.6 Å². The van der Waals surface area contributed by atoms with E-state index in [1.807, 2.05) is 23.0 Å². The lowest BCUT2D eigenvalue weighted by molar-refractivity contribution is -0.0705. The van der Waals surface area contributed by atoms with E-state index in [0.29, 0.717) is 18.3 Å². The van der Waals surface area contributed by atoms with Crippen LogP contribution in [0.15, 0.2) is 30.9 Å². The summed E-state index contributed by atoms with van der Waals surface area (Å²) in [6, 6.07) is 4.15. The zero-order valence-electron chi connectivity index (χ0n) is 15.2. The number of aromatic nitrogens is 8. The number of nitrogens with one attached hydrogen (secondary N) is 2. The van der Waals surface area contributed by atoms with E-state index in [1.165, 1.54) is 6.33 Å². The molecule has 1 saturated heterocycles. The number of H-pyrrole nitrogens is 2. The molecule has 1 atom stereocenters. The Hall–Kier alpha value is -3.07. The van der Waals surface area contributed by atoms with Crippen molar-refractivity contribution in [3.63, 3.8) is 0 Å². The molecule has 4 aromatic rings. The minimum Gasteiger partial charge on any atom is -0.375 e. The van der Waals surface area contributed by atoms with Crippen LogP contribution in [0.25, 0.3) is 34.1 Å². The Kier molecular flexibility index (Phi) is 3.57. The lowest BCUT2D eigenvalue weighted by atomic mass is 9.94. The lowest BCUT2D eigenvalue weighted by Gasteiger charge is -2.35. The monoisotopic (exact) mass is 364 g/mol. The molecular formula is C18H20N8O. The van der Waals surface area contributed by atoms with E-state index < -0.39 is 0 Å². The van der Waals surface area contributed by atoms with Crippen LogP contribution in [0.1, 0.15) is 32.7 Å². The molecule has 5 rings (SSSR count). The molecule has 2 N–H and O–H groups in total. The number of hydrogen-bond donors (Lipinski definition) is 2. The number of rotatable bonds is 3. The molecule has 9 nitrogen and oxygen atoms in total. The SMILES string of the molecule is CC1(C)CC(n2nc(-c3ncn[nH]3)nc2-c2c[nH]c3ncccc23)CCO1. The summed E-state index contributed by atoms with van der Waals surface area (Å²) in [5.41, 5.74) is 1.61. The van der Waals surface area contributed by atoms with Crippen molar-refractivity contribution in [1.82, 2.24) is 39.9 Å². The lowest BCUT2D eigenvalue weighted by Crippen LogP contribution is -2.35. The number of ether oxygens (including phenoxy) is 1. The first-order chi connectivity index (χ1) is 13.1. The number of hydrogen-bond acceptors (Lipinski definition) is 6. The smallest absolute Gasteiger partial charge is 0.219 e. The van der Waals surface area contributed by atoms with Gasteiger partial charge < -0.3 is 9.72 Å². The Morgan fingerprint density at radius 3 is 3.04 bits per heavy atom. The van der Waals surface area contributed by atoms with Gasteiger partial charge in [-0.15, -0.1) is 5.10 Å². The van der Waals surface area contributed by atoms with Gasteiger partial charge in [-0.25, -0.2) is 19.6 Å². The second-order valence-electron chi connectivity index (χ2n) is 7.39. The highest BCUT2D eigenvalue weighted by Crippen LogP contribution is 2.36. The van der Waals surface area contributed by atoms with Crippen LogP contribution in [0.5, 0.6) is 0 Å². The minimum atomic E-state index is -0.194. The van der Waals surface area contributed by atoms with Crippen LogP contribution >= 0.6 is 0 Å². The van der Waals surface area contributed by atoms with Gasteiger partial charge in [0.05, 0.1) is 11.6 Å². The fraction of sp³-hybridized carbons (Fsp3) is 0.389. The van der Waals surface area contributed by atoms with E-state index in [1.54, 1.807) is 6.20 Å². The fourth-order valence-corrected chi connectivity index (χ4v) is 3.72. The molecule has 138 valence electrons. The Bertz CT molecular complexity index is 1080. The van der Waals surface area contributed by atoms with E-state index in [4.69, 9.17) is 14.8 Å².